The van der Waals surface area contributed by atoms with E-state index in [1.807, 2.05) is 13.8 Å². The third-order valence-electron chi connectivity index (χ3n) is 4.46. The predicted octanol–water partition coefficient (Wildman–Crippen LogP) is 2.25. The van der Waals surface area contributed by atoms with E-state index >= 15 is 0 Å². The van der Waals surface area contributed by atoms with Crippen LogP contribution in [0.25, 0.3) is 0 Å². The molecule has 0 aromatic carbocycles. The molecule has 2 atom stereocenters. The molecule has 1 aromatic heterocycles. The number of hydrogen-bond donors (Lipinski definition) is 0. The summed E-state index contributed by atoms with van der Waals surface area (Å²) < 4.78 is 0.903. The van der Waals surface area contributed by atoms with Crippen LogP contribution in [0.1, 0.15) is 17.6 Å². The molecule has 26 heavy (non-hydrogen) atoms. The van der Waals surface area contributed by atoms with E-state index in [-0.39, 0.29) is 22.9 Å². The van der Waals surface area contributed by atoms with Crippen molar-refractivity contribution in [1.29, 1.82) is 0 Å². The first-order chi connectivity index (χ1) is 12.4. The van der Waals surface area contributed by atoms with Crippen LogP contribution < -0.4 is 0 Å². The number of oxime groups is 1. The van der Waals surface area contributed by atoms with Gasteiger partial charge in [-0.15, -0.1) is 23.1 Å². The molecule has 1 saturated heterocycles. The predicted molar refractivity (Wildman–Crippen MR) is 112 cm³/mol. The highest BCUT2D eigenvalue weighted by atomic mass is 127. The monoisotopic (exact) mass is 506 g/mol. The van der Waals surface area contributed by atoms with Gasteiger partial charge in [-0.1, -0.05) is 27.7 Å². The molecule has 1 aromatic rings. The van der Waals surface area contributed by atoms with Crippen molar-refractivity contribution in [2.75, 3.05) is 24.3 Å². The van der Waals surface area contributed by atoms with E-state index in [0.29, 0.717) is 5.69 Å². The largest absolute Gasteiger partial charge is 0.398 e. The van der Waals surface area contributed by atoms with Crippen LogP contribution in [0.15, 0.2) is 21.8 Å². The van der Waals surface area contributed by atoms with E-state index < -0.39 is 6.04 Å². The highest BCUT2D eigenvalue weighted by molar-refractivity contribution is 14.1. The Morgan fingerprint density at radius 3 is 2.85 bits per heavy atom. The van der Waals surface area contributed by atoms with Crippen molar-refractivity contribution in [1.82, 2.24) is 14.8 Å². The molecule has 0 aliphatic carbocycles. The molecule has 3 heterocycles. The first kappa shape index (κ1) is 19.6. The van der Waals surface area contributed by atoms with Gasteiger partial charge in [-0.2, -0.15) is 0 Å². The summed E-state index contributed by atoms with van der Waals surface area (Å²) in [4.78, 5) is 38.2. The lowest BCUT2D eigenvalue weighted by molar-refractivity contribution is -0.153. The molecule has 140 valence electrons. The number of allylic oxidation sites excluding steroid dienone is 1. The number of thioether (sulfide) groups is 1. The SMILES string of the molecule is CO/N=C(/C(=O)N(C)[C@@H]1C(=O)N2C(C)=C(CI)CS[C@H]12)c1csc(C)n1. The summed E-state index contributed by atoms with van der Waals surface area (Å²) in [5, 5.41) is 6.41. The third-order valence-corrected chi connectivity index (χ3v) is 7.48. The van der Waals surface area contributed by atoms with Crippen molar-refractivity contribution >= 4 is 63.2 Å². The van der Waals surface area contributed by atoms with E-state index in [1.54, 1.807) is 29.1 Å². The Hall–Kier alpha value is -1.14. The average molecular weight is 506 g/mol. The number of carbonyl (C=O) groups excluding carboxylic acids is 2. The van der Waals surface area contributed by atoms with Crippen molar-refractivity contribution in [3.8, 4) is 0 Å². The molecule has 2 amide bonds. The van der Waals surface area contributed by atoms with E-state index in [4.69, 9.17) is 4.84 Å². The minimum Gasteiger partial charge on any atom is -0.398 e. The molecule has 3 rings (SSSR count). The zero-order valence-corrected chi connectivity index (χ0v) is 18.6. The average Bonchev–Trinajstić information content (AvgIpc) is 3.04. The van der Waals surface area contributed by atoms with Gasteiger partial charge in [0.25, 0.3) is 11.8 Å². The van der Waals surface area contributed by atoms with Gasteiger partial charge >= 0.3 is 0 Å². The summed E-state index contributed by atoms with van der Waals surface area (Å²) in [7, 11) is 3.03. The number of fused-ring (bicyclic) bond motifs is 1. The molecule has 2 aliphatic rings. The number of carbonyl (C=O) groups is 2. The van der Waals surface area contributed by atoms with Crippen molar-refractivity contribution in [2.45, 2.75) is 25.3 Å². The lowest BCUT2D eigenvalue weighted by atomic mass is 10.0. The fourth-order valence-electron chi connectivity index (χ4n) is 2.98. The summed E-state index contributed by atoms with van der Waals surface area (Å²) in [5.41, 5.74) is 2.87. The van der Waals surface area contributed by atoms with Gasteiger partial charge in [0.05, 0.1) is 5.01 Å². The molecule has 0 spiro atoms. The topological polar surface area (TPSA) is 75.1 Å². The third kappa shape index (κ3) is 3.26. The minimum atomic E-state index is -0.500. The van der Waals surface area contributed by atoms with Crippen LogP contribution in [0, 0.1) is 6.92 Å². The molecule has 0 saturated carbocycles. The lowest BCUT2D eigenvalue weighted by Crippen LogP contribution is -2.70. The fraction of sp³-hybridized carbons (Fsp3) is 0.500. The Balaban J connectivity index is 1.82. The number of amides is 2. The first-order valence-electron chi connectivity index (χ1n) is 7.90. The summed E-state index contributed by atoms with van der Waals surface area (Å²) >= 11 is 5.45. The van der Waals surface area contributed by atoms with Crippen molar-refractivity contribution in [3.63, 3.8) is 0 Å². The molecule has 10 heteroatoms. The Morgan fingerprint density at radius 2 is 2.27 bits per heavy atom. The summed E-state index contributed by atoms with van der Waals surface area (Å²) in [5.74, 6) is 0.465. The summed E-state index contributed by atoms with van der Waals surface area (Å²) in [6.45, 7) is 3.84. The zero-order chi connectivity index (χ0) is 19.0. The van der Waals surface area contributed by atoms with Gasteiger partial charge in [0, 0.05) is 28.3 Å². The number of aryl methyl sites for hydroxylation is 1. The number of nitrogens with zero attached hydrogens (tertiary/aromatic N) is 4. The molecule has 0 unspecified atom stereocenters. The Kier molecular flexibility index (Phi) is 5.92. The molecule has 7 nitrogen and oxygen atoms in total. The number of β-lactam (4-membered cyclic amide) rings is 1. The number of alkyl halides is 1. The van der Waals surface area contributed by atoms with E-state index in [0.717, 1.165) is 20.9 Å². The fourth-order valence-corrected chi connectivity index (χ4v) is 6.34. The number of halogens is 1. The van der Waals surface area contributed by atoms with Crippen molar-refractivity contribution < 1.29 is 14.4 Å². The van der Waals surface area contributed by atoms with Crippen LogP contribution in [-0.2, 0) is 14.4 Å². The molecular weight excluding hydrogens is 487 g/mol. The maximum Gasteiger partial charge on any atom is 0.278 e. The number of thiazole rings is 1. The van der Waals surface area contributed by atoms with Gasteiger partial charge in [-0.3, -0.25) is 14.5 Å². The molecule has 0 bridgehead atoms. The van der Waals surface area contributed by atoms with Crippen LogP contribution in [0.5, 0.6) is 0 Å². The molecule has 0 N–H and O–H groups in total. The van der Waals surface area contributed by atoms with Crippen LogP contribution in [0.4, 0.5) is 0 Å². The van der Waals surface area contributed by atoms with Gasteiger partial charge in [-0.05, 0) is 19.4 Å². The second-order valence-corrected chi connectivity index (χ2v) is 8.90. The summed E-state index contributed by atoms with van der Waals surface area (Å²) in [6.07, 6.45) is 0. The van der Waals surface area contributed by atoms with Gasteiger partial charge < -0.3 is 9.74 Å². The van der Waals surface area contributed by atoms with Crippen LogP contribution in [0.3, 0.4) is 0 Å². The van der Waals surface area contributed by atoms with Gasteiger partial charge in [-0.25, -0.2) is 4.98 Å². The normalized spacial score (nSPS) is 22.9. The molecule has 2 aliphatic heterocycles. The standard InChI is InChI=1S/C16H19IN4O3S2/c1-8-10(5-17)6-26-16-13(15(23)21(8)16)20(3)14(22)12(19-24-4)11-7-25-9(2)18-11/h7,13,16H,5-6H2,1-4H3/b19-12+/t13-,16-/m1/s1. The maximum absolute atomic E-state index is 13.0. The highest BCUT2D eigenvalue weighted by Crippen LogP contribution is 2.42. The Morgan fingerprint density at radius 1 is 1.54 bits per heavy atom. The maximum atomic E-state index is 13.0. The van der Waals surface area contributed by atoms with Crippen molar-refractivity contribution in [3.05, 3.63) is 27.4 Å². The number of hydrogen-bond acceptors (Lipinski definition) is 7. The highest BCUT2D eigenvalue weighted by Gasteiger charge is 2.54. The Bertz CT molecular complexity index is 807. The zero-order valence-electron chi connectivity index (χ0n) is 14.9. The molecular formula is C16H19IN4O3S2. The number of aromatic nitrogens is 1. The second-order valence-electron chi connectivity index (χ2n) is 5.97. The summed E-state index contributed by atoms with van der Waals surface area (Å²) in [6, 6.07) is -0.500. The van der Waals surface area contributed by atoms with Crippen LogP contribution in [-0.4, -0.2) is 68.1 Å². The quantitative estimate of drug-likeness (QED) is 0.202. The lowest BCUT2D eigenvalue weighted by Gasteiger charge is -2.52. The molecule has 0 radical (unpaired) electrons. The van der Waals surface area contributed by atoms with Gasteiger partial charge in [0.15, 0.2) is 5.71 Å². The van der Waals surface area contributed by atoms with E-state index in [9.17, 15) is 9.59 Å². The number of rotatable bonds is 5. The van der Waals surface area contributed by atoms with Gasteiger partial charge in [0.2, 0.25) is 0 Å². The van der Waals surface area contributed by atoms with E-state index in [1.165, 1.54) is 28.9 Å². The van der Waals surface area contributed by atoms with Gasteiger partial charge in [0.1, 0.15) is 24.2 Å². The minimum absolute atomic E-state index is 0.0517. The smallest absolute Gasteiger partial charge is 0.278 e. The van der Waals surface area contributed by atoms with Crippen LogP contribution >= 0.6 is 45.7 Å². The van der Waals surface area contributed by atoms with E-state index in [2.05, 4.69) is 32.7 Å². The Labute approximate surface area is 174 Å². The first-order valence-corrected chi connectivity index (χ1v) is 11.4. The van der Waals surface area contributed by atoms with Crippen molar-refractivity contribution in [2.24, 2.45) is 5.16 Å². The number of likely N-dealkylation sites (N-methyl/N-ethyl adjacent to an activating group) is 1. The molecule has 1 fully saturated rings. The van der Waals surface area contributed by atoms with Crippen LogP contribution in [0.2, 0.25) is 0 Å². The second kappa shape index (κ2) is 7.85.